The maximum absolute atomic E-state index is 8.82. The van der Waals surface area contributed by atoms with Crippen molar-refractivity contribution in [3.63, 3.8) is 0 Å². The molecule has 0 heterocycles. The van der Waals surface area contributed by atoms with Gasteiger partial charge in [-0.3, -0.25) is 0 Å². The van der Waals surface area contributed by atoms with Crippen molar-refractivity contribution in [1.29, 1.82) is 0 Å². The standard InChI is InChI=1S/C22H36O2/c1-3-5-6-7-8-11-14-20-18-17-19(4-2)21(20)15-12-9-10-13-16-22(23)24/h10-12,14,19,22-24H,3-8,13,15-18H2,1-2H3/t9?,19-/m0/s1. The van der Waals surface area contributed by atoms with Crippen molar-refractivity contribution in [1.82, 2.24) is 0 Å². The van der Waals surface area contributed by atoms with Crippen LogP contribution in [0.4, 0.5) is 0 Å². The molecule has 1 rings (SSSR count). The molecule has 0 unspecified atom stereocenters. The van der Waals surface area contributed by atoms with Crippen molar-refractivity contribution in [2.24, 2.45) is 5.92 Å². The van der Waals surface area contributed by atoms with Gasteiger partial charge in [-0.15, -0.1) is 5.73 Å². The third kappa shape index (κ3) is 8.68. The summed E-state index contributed by atoms with van der Waals surface area (Å²) < 4.78 is 0. The lowest BCUT2D eigenvalue weighted by Gasteiger charge is -2.10. The highest BCUT2D eigenvalue weighted by atomic mass is 16.5. The first kappa shape index (κ1) is 21.0. The first-order chi connectivity index (χ1) is 11.7. The van der Waals surface area contributed by atoms with Crippen LogP contribution in [0.1, 0.15) is 84.5 Å². The average molecular weight is 333 g/mol. The lowest BCUT2D eigenvalue weighted by molar-refractivity contribution is -0.0442. The summed E-state index contributed by atoms with van der Waals surface area (Å²) >= 11 is 0. The monoisotopic (exact) mass is 332 g/mol. The third-order valence-corrected chi connectivity index (χ3v) is 4.83. The van der Waals surface area contributed by atoms with Crippen LogP contribution in [0.5, 0.6) is 0 Å². The molecular weight excluding hydrogens is 296 g/mol. The summed E-state index contributed by atoms with van der Waals surface area (Å²) in [5.41, 5.74) is 6.32. The van der Waals surface area contributed by atoms with E-state index in [2.05, 4.69) is 37.8 Å². The molecule has 0 saturated heterocycles. The van der Waals surface area contributed by atoms with E-state index in [4.69, 9.17) is 10.2 Å². The zero-order chi connectivity index (χ0) is 17.6. The van der Waals surface area contributed by atoms with Gasteiger partial charge in [0.05, 0.1) is 0 Å². The Bertz CT molecular complexity index is 451. The molecule has 0 aromatic heterocycles. The van der Waals surface area contributed by atoms with Crippen LogP contribution >= 0.6 is 0 Å². The largest absolute Gasteiger partial charge is 0.368 e. The number of rotatable bonds is 12. The van der Waals surface area contributed by atoms with Crippen molar-refractivity contribution >= 4 is 0 Å². The zero-order valence-corrected chi connectivity index (χ0v) is 15.6. The molecule has 0 bridgehead atoms. The molecule has 0 amide bonds. The molecular formula is C22H36O2. The lowest BCUT2D eigenvalue weighted by atomic mass is 9.95. The summed E-state index contributed by atoms with van der Waals surface area (Å²) in [6, 6.07) is 0. The van der Waals surface area contributed by atoms with Gasteiger partial charge in [-0.1, -0.05) is 50.8 Å². The highest BCUT2D eigenvalue weighted by Gasteiger charge is 2.21. The summed E-state index contributed by atoms with van der Waals surface area (Å²) in [7, 11) is 0. The minimum atomic E-state index is -1.21. The van der Waals surface area contributed by atoms with E-state index in [0.29, 0.717) is 12.8 Å². The molecule has 0 fully saturated rings. The summed E-state index contributed by atoms with van der Waals surface area (Å²) in [6.07, 6.45) is 19.8. The molecule has 24 heavy (non-hydrogen) atoms. The van der Waals surface area contributed by atoms with Gasteiger partial charge in [0.1, 0.15) is 0 Å². The minimum absolute atomic E-state index is 0.382. The number of unbranched alkanes of at least 4 members (excludes halogenated alkanes) is 4. The van der Waals surface area contributed by atoms with E-state index in [-0.39, 0.29) is 0 Å². The normalized spacial score (nSPS) is 17.8. The molecule has 2 nitrogen and oxygen atoms in total. The Labute approximate surface area is 148 Å². The van der Waals surface area contributed by atoms with Gasteiger partial charge in [-0.25, -0.2) is 0 Å². The van der Waals surface area contributed by atoms with Gasteiger partial charge in [-0.05, 0) is 68.6 Å². The van der Waals surface area contributed by atoms with Crippen LogP contribution in [0.25, 0.3) is 0 Å². The fourth-order valence-electron chi connectivity index (χ4n) is 3.35. The summed E-state index contributed by atoms with van der Waals surface area (Å²) in [5, 5.41) is 17.6. The van der Waals surface area contributed by atoms with Crippen LogP contribution in [0.15, 0.2) is 41.2 Å². The predicted molar refractivity (Wildman–Crippen MR) is 103 cm³/mol. The number of aliphatic hydroxyl groups is 2. The molecule has 2 N–H and O–H groups in total. The van der Waals surface area contributed by atoms with E-state index in [1.807, 2.05) is 6.08 Å². The second-order valence-electron chi connectivity index (χ2n) is 6.78. The van der Waals surface area contributed by atoms with Gasteiger partial charge in [0.2, 0.25) is 0 Å². The van der Waals surface area contributed by atoms with Gasteiger partial charge < -0.3 is 10.2 Å². The van der Waals surface area contributed by atoms with Crippen molar-refractivity contribution in [2.75, 3.05) is 0 Å². The molecule has 0 aromatic rings. The van der Waals surface area contributed by atoms with E-state index in [0.717, 1.165) is 12.3 Å². The summed E-state index contributed by atoms with van der Waals surface area (Å²) in [5.74, 6) is 0.724. The number of allylic oxidation sites excluding steroid dienone is 5. The van der Waals surface area contributed by atoms with Crippen LogP contribution in [0.3, 0.4) is 0 Å². The molecule has 0 spiro atoms. The molecule has 0 aliphatic heterocycles. The van der Waals surface area contributed by atoms with Gasteiger partial charge in [-0.2, -0.15) is 0 Å². The molecule has 1 atom stereocenters. The smallest absolute Gasteiger partial charge is 0.151 e. The van der Waals surface area contributed by atoms with Crippen LogP contribution < -0.4 is 0 Å². The highest BCUT2D eigenvalue weighted by Crippen LogP contribution is 2.37. The fraction of sp³-hybridized carbons (Fsp3) is 0.682. The first-order valence-electron chi connectivity index (χ1n) is 9.83. The molecule has 1 aliphatic rings. The van der Waals surface area contributed by atoms with Crippen LogP contribution in [0.2, 0.25) is 0 Å². The second kappa shape index (κ2) is 13.2. The fourth-order valence-corrected chi connectivity index (χ4v) is 3.35. The minimum Gasteiger partial charge on any atom is -0.368 e. The van der Waals surface area contributed by atoms with Crippen molar-refractivity contribution in [3.8, 4) is 0 Å². The molecule has 0 saturated carbocycles. The Morgan fingerprint density at radius 1 is 1.12 bits per heavy atom. The van der Waals surface area contributed by atoms with Gasteiger partial charge >= 0.3 is 0 Å². The Morgan fingerprint density at radius 3 is 2.67 bits per heavy atom. The van der Waals surface area contributed by atoms with E-state index < -0.39 is 6.29 Å². The SMILES string of the molecule is CCCCCCC=CC1=C(CC=C=CCCC(O)O)[C@@H](CC)CC1. The second-order valence-corrected chi connectivity index (χ2v) is 6.78. The molecule has 0 aromatic carbocycles. The zero-order valence-electron chi connectivity index (χ0n) is 15.6. The van der Waals surface area contributed by atoms with Crippen LogP contribution in [-0.4, -0.2) is 16.5 Å². The molecule has 1 aliphatic carbocycles. The van der Waals surface area contributed by atoms with Crippen molar-refractivity contribution in [2.45, 2.75) is 90.8 Å². The Kier molecular flexibility index (Phi) is 11.6. The Hall–Kier alpha value is -1.08. The molecule has 136 valence electrons. The van der Waals surface area contributed by atoms with E-state index >= 15 is 0 Å². The molecule has 0 radical (unpaired) electrons. The van der Waals surface area contributed by atoms with E-state index in [9.17, 15) is 0 Å². The van der Waals surface area contributed by atoms with Gasteiger partial charge in [0.25, 0.3) is 0 Å². The number of hydrogen-bond donors (Lipinski definition) is 2. The molecule has 2 heteroatoms. The van der Waals surface area contributed by atoms with Gasteiger partial charge in [0.15, 0.2) is 6.29 Å². The van der Waals surface area contributed by atoms with Crippen LogP contribution in [-0.2, 0) is 0 Å². The maximum atomic E-state index is 8.82. The predicted octanol–water partition coefficient (Wildman–Crippen LogP) is 5.82. The van der Waals surface area contributed by atoms with Crippen molar-refractivity contribution < 1.29 is 10.2 Å². The average Bonchev–Trinajstić information content (AvgIpc) is 2.95. The maximum Gasteiger partial charge on any atom is 0.151 e. The van der Waals surface area contributed by atoms with E-state index in [1.54, 1.807) is 11.1 Å². The number of hydrogen-bond acceptors (Lipinski definition) is 2. The first-order valence-corrected chi connectivity index (χ1v) is 9.83. The third-order valence-electron chi connectivity index (χ3n) is 4.83. The van der Waals surface area contributed by atoms with Gasteiger partial charge in [0, 0.05) is 6.42 Å². The van der Waals surface area contributed by atoms with Crippen molar-refractivity contribution in [3.05, 3.63) is 41.2 Å². The quantitative estimate of drug-likeness (QED) is 0.268. The summed E-state index contributed by atoms with van der Waals surface area (Å²) in [6.45, 7) is 4.54. The highest BCUT2D eigenvalue weighted by molar-refractivity contribution is 5.33. The Morgan fingerprint density at radius 2 is 1.96 bits per heavy atom. The van der Waals surface area contributed by atoms with Crippen LogP contribution in [0, 0.1) is 5.92 Å². The van der Waals surface area contributed by atoms with E-state index in [1.165, 1.54) is 51.4 Å². The Balaban J connectivity index is 2.53. The number of aliphatic hydroxyl groups excluding tert-OH is 1. The topological polar surface area (TPSA) is 40.5 Å². The summed E-state index contributed by atoms with van der Waals surface area (Å²) in [4.78, 5) is 0. The lowest BCUT2D eigenvalue weighted by Crippen LogP contribution is -2.01.